The second kappa shape index (κ2) is 6.69. The van der Waals surface area contributed by atoms with E-state index >= 15 is 0 Å². The molecule has 1 atom stereocenters. The average molecular weight is 439 g/mol. The molecule has 0 aromatic heterocycles. The third-order valence-electron chi connectivity index (χ3n) is 3.02. The summed E-state index contributed by atoms with van der Waals surface area (Å²) in [6.07, 6.45) is 0. The maximum absolute atomic E-state index is 6.60. The molecule has 2 aromatic rings. The van der Waals surface area contributed by atoms with Gasteiger partial charge in [-0.3, -0.25) is 0 Å². The van der Waals surface area contributed by atoms with Crippen molar-refractivity contribution in [2.45, 2.75) is 12.3 Å². The minimum Gasteiger partial charge on any atom is -0.496 e. The van der Waals surface area contributed by atoms with E-state index in [2.05, 4.69) is 31.9 Å². The molecule has 2 rings (SSSR count). The summed E-state index contributed by atoms with van der Waals surface area (Å²) >= 11 is 19.8. The van der Waals surface area contributed by atoms with Gasteiger partial charge in [-0.2, -0.15) is 0 Å². The third-order valence-corrected chi connectivity index (χ3v) is 5.16. The van der Waals surface area contributed by atoms with Gasteiger partial charge in [-0.25, -0.2) is 0 Å². The molecule has 0 radical (unpaired) electrons. The van der Waals surface area contributed by atoms with Crippen molar-refractivity contribution in [2.75, 3.05) is 7.11 Å². The predicted octanol–water partition coefficient (Wildman–Crippen LogP) is 6.51. The number of methoxy groups -OCH3 is 1. The van der Waals surface area contributed by atoms with Crippen LogP contribution in [0.1, 0.15) is 22.1 Å². The lowest BCUT2D eigenvalue weighted by Crippen LogP contribution is -1.99. The highest BCUT2D eigenvalue weighted by Crippen LogP contribution is 2.41. The molecule has 0 aliphatic carbocycles. The van der Waals surface area contributed by atoms with Crippen molar-refractivity contribution in [1.29, 1.82) is 0 Å². The Morgan fingerprint density at radius 3 is 2.40 bits per heavy atom. The Morgan fingerprint density at radius 2 is 1.80 bits per heavy atom. The SMILES string of the molecule is COc1cc(C)c(Br)cc1C(Cl)c1ccc(Br)cc1Cl. The Bertz CT molecular complexity index is 644. The molecule has 0 heterocycles. The van der Waals surface area contributed by atoms with Crippen molar-refractivity contribution in [3.8, 4) is 5.75 Å². The summed E-state index contributed by atoms with van der Waals surface area (Å²) in [4.78, 5) is 0. The molecule has 0 aliphatic rings. The molecule has 0 N–H and O–H groups in total. The molecule has 0 bridgehead atoms. The van der Waals surface area contributed by atoms with Crippen LogP contribution < -0.4 is 4.74 Å². The van der Waals surface area contributed by atoms with Gasteiger partial charge in [0, 0.05) is 19.5 Å². The van der Waals surface area contributed by atoms with Crippen LogP contribution in [-0.2, 0) is 0 Å². The van der Waals surface area contributed by atoms with Crippen LogP contribution in [-0.4, -0.2) is 7.11 Å². The quantitative estimate of drug-likeness (QED) is 0.496. The summed E-state index contributed by atoms with van der Waals surface area (Å²) in [6.45, 7) is 2.01. The molecule has 0 aliphatic heterocycles. The number of hydrogen-bond donors (Lipinski definition) is 0. The first-order valence-electron chi connectivity index (χ1n) is 5.87. The topological polar surface area (TPSA) is 9.23 Å². The van der Waals surface area contributed by atoms with E-state index in [0.29, 0.717) is 5.02 Å². The highest BCUT2D eigenvalue weighted by Gasteiger charge is 2.19. The lowest BCUT2D eigenvalue weighted by molar-refractivity contribution is 0.409. The molecule has 20 heavy (non-hydrogen) atoms. The van der Waals surface area contributed by atoms with Crippen LogP contribution in [0.2, 0.25) is 5.02 Å². The Morgan fingerprint density at radius 1 is 1.10 bits per heavy atom. The molecule has 0 saturated carbocycles. The van der Waals surface area contributed by atoms with E-state index in [1.54, 1.807) is 7.11 Å². The van der Waals surface area contributed by atoms with E-state index < -0.39 is 0 Å². The monoisotopic (exact) mass is 436 g/mol. The minimum absolute atomic E-state index is 0.373. The molecular formula is C15H12Br2Cl2O. The van der Waals surface area contributed by atoms with Gasteiger partial charge in [0.25, 0.3) is 0 Å². The number of aryl methyl sites for hydroxylation is 1. The van der Waals surface area contributed by atoms with Crippen LogP contribution in [0.15, 0.2) is 39.3 Å². The Balaban J connectivity index is 2.52. The minimum atomic E-state index is -0.373. The van der Waals surface area contributed by atoms with Gasteiger partial charge in [0.1, 0.15) is 5.75 Å². The number of benzene rings is 2. The largest absolute Gasteiger partial charge is 0.496 e. The lowest BCUT2D eigenvalue weighted by Gasteiger charge is -2.17. The van der Waals surface area contributed by atoms with Gasteiger partial charge in [-0.1, -0.05) is 49.5 Å². The molecule has 1 nitrogen and oxygen atoms in total. The molecule has 2 aromatic carbocycles. The zero-order chi connectivity index (χ0) is 14.9. The van der Waals surface area contributed by atoms with E-state index in [9.17, 15) is 0 Å². The van der Waals surface area contributed by atoms with Crippen LogP contribution in [0.5, 0.6) is 5.75 Å². The maximum Gasteiger partial charge on any atom is 0.124 e. The second-order valence-electron chi connectivity index (χ2n) is 4.37. The first-order valence-corrected chi connectivity index (χ1v) is 8.27. The molecule has 5 heteroatoms. The summed E-state index contributed by atoms with van der Waals surface area (Å²) in [5, 5.41) is 0.251. The van der Waals surface area contributed by atoms with Gasteiger partial charge >= 0.3 is 0 Å². The molecule has 0 saturated heterocycles. The van der Waals surface area contributed by atoms with Gasteiger partial charge in [-0.05, 0) is 42.3 Å². The fraction of sp³-hybridized carbons (Fsp3) is 0.200. The van der Waals surface area contributed by atoms with E-state index in [1.807, 2.05) is 37.3 Å². The van der Waals surface area contributed by atoms with Crippen molar-refractivity contribution in [1.82, 2.24) is 0 Å². The van der Waals surface area contributed by atoms with Crippen molar-refractivity contribution in [2.24, 2.45) is 0 Å². The van der Waals surface area contributed by atoms with E-state index in [0.717, 1.165) is 31.4 Å². The van der Waals surface area contributed by atoms with Gasteiger partial charge in [0.2, 0.25) is 0 Å². The summed E-state index contributed by atoms with van der Waals surface area (Å²) in [5.74, 6) is 0.754. The number of alkyl halides is 1. The lowest BCUT2D eigenvalue weighted by atomic mass is 10.0. The van der Waals surface area contributed by atoms with Gasteiger partial charge in [0.15, 0.2) is 0 Å². The zero-order valence-electron chi connectivity index (χ0n) is 10.9. The van der Waals surface area contributed by atoms with Crippen molar-refractivity contribution in [3.05, 3.63) is 61.0 Å². The third kappa shape index (κ3) is 3.33. The fourth-order valence-electron chi connectivity index (χ4n) is 1.92. The standard InChI is InChI=1S/C15H12Br2Cl2O/c1-8-5-14(20-2)11(7-12(8)17)15(19)10-4-3-9(16)6-13(10)18/h3-7,15H,1-2H3. The van der Waals surface area contributed by atoms with Gasteiger partial charge < -0.3 is 4.74 Å². The maximum atomic E-state index is 6.60. The van der Waals surface area contributed by atoms with Crippen molar-refractivity contribution >= 4 is 55.1 Å². The highest BCUT2D eigenvalue weighted by molar-refractivity contribution is 9.10. The number of rotatable bonds is 3. The summed E-state index contributed by atoms with van der Waals surface area (Å²) in [6, 6.07) is 9.61. The van der Waals surface area contributed by atoms with E-state index in [1.165, 1.54) is 0 Å². The number of hydrogen-bond acceptors (Lipinski definition) is 1. The summed E-state index contributed by atoms with van der Waals surface area (Å²) in [5.41, 5.74) is 2.83. The highest BCUT2D eigenvalue weighted by atomic mass is 79.9. The van der Waals surface area contributed by atoms with Crippen LogP contribution in [0.25, 0.3) is 0 Å². The Hall–Kier alpha value is -0.220. The van der Waals surface area contributed by atoms with Crippen molar-refractivity contribution in [3.63, 3.8) is 0 Å². The van der Waals surface area contributed by atoms with Gasteiger partial charge in [-0.15, -0.1) is 11.6 Å². The van der Waals surface area contributed by atoms with Crippen LogP contribution in [0, 0.1) is 6.92 Å². The molecule has 0 spiro atoms. The van der Waals surface area contributed by atoms with Crippen LogP contribution >= 0.6 is 55.1 Å². The zero-order valence-corrected chi connectivity index (χ0v) is 15.6. The average Bonchev–Trinajstić information content (AvgIpc) is 2.40. The first kappa shape index (κ1) is 16.2. The second-order valence-corrected chi connectivity index (χ2v) is 6.99. The van der Waals surface area contributed by atoms with Gasteiger partial charge in [0.05, 0.1) is 12.5 Å². The number of halogens is 4. The predicted molar refractivity (Wildman–Crippen MR) is 92.3 cm³/mol. The van der Waals surface area contributed by atoms with Crippen LogP contribution in [0.4, 0.5) is 0 Å². The molecule has 0 amide bonds. The van der Waals surface area contributed by atoms with E-state index in [-0.39, 0.29) is 5.38 Å². The fourth-order valence-corrected chi connectivity index (χ4v) is 3.48. The first-order chi connectivity index (χ1) is 9.43. The van der Waals surface area contributed by atoms with Crippen LogP contribution in [0.3, 0.4) is 0 Å². The smallest absolute Gasteiger partial charge is 0.124 e. The number of ether oxygens (including phenoxy) is 1. The Labute approximate surface area is 145 Å². The van der Waals surface area contributed by atoms with Crippen molar-refractivity contribution < 1.29 is 4.74 Å². The molecule has 106 valence electrons. The molecule has 1 unspecified atom stereocenters. The summed E-state index contributed by atoms with van der Waals surface area (Å²) < 4.78 is 7.35. The molecule has 0 fully saturated rings. The Kier molecular flexibility index (Phi) is 5.41. The normalized spacial score (nSPS) is 12.3. The molecular weight excluding hydrogens is 427 g/mol. The summed E-state index contributed by atoms with van der Waals surface area (Å²) in [7, 11) is 1.64. The van der Waals surface area contributed by atoms with E-state index in [4.69, 9.17) is 27.9 Å².